The highest BCUT2D eigenvalue weighted by molar-refractivity contribution is 5.90. The lowest BCUT2D eigenvalue weighted by molar-refractivity contribution is 0.0600. The van der Waals surface area contributed by atoms with Gasteiger partial charge in [-0.05, 0) is 13.8 Å². The fourth-order valence-corrected chi connectivity index (χ4v) is 1.82. The molecular weight excluding hydrogens is 208 g/mol. The summed E-state index contributed by atoms with van der Waals surface area (Å²) in [5.41, 5.74) is 0. The second-order valence-electron chi connectivity index (χ2n) is 4.25. The van der Waals surface area contributed by atoms with Crippen LogP contribution in [0.1, 0.15) is 30.4 Å². The van der Waals surface area contributed by atoms with Crippen LogP contribution in [0.5, 0.6) is 0 Å². The number of aromatic nitrogens is 2. The van der Waals surface area contributed by atoms with Crippen molar-refractivity contribution in [1.82, 2.24) is 20.4 Å². The number of hydrogen-bond acceptors (Lipinski definition) is 5. The van der Waals surface area contributed by atoms with E-state index in [4.69, 9.17) is 4.52 Å². The van der Waals surface area contributed by atoms with E-state index >= 15 is 0 Å². The van der Waals surface area contributed by atoms with Gasteiger partial charge in [-0.2, -0.15) is 4.98 Å². The summed E-state index contributed by atoms with van der Waals surface area (Å²) in [6, 6.07) is 0.454. The summed E-state index contributed by atoms with van der Waals surface area (Å²) in [7, 11) is 0. The van der Waals surface area contributed by atoms with Crippen LogP contribution in [0.4, 0.5) is 0 Å². The maximum absolute atomic E-state index is 12.1. The van der Waals surface area contributed by atoms with Crippen LogP contribution < -0.4 is 5.32 Å². The Hall–Kier alpha value is -1.43. The molecule has 0 radical (unpaired) electrons. The molecule has 16 heavy (non-hydrogen) atoms. The van der Waals surface area contributed by atoms with Crippen molar-refractivity contribution in [2.24, 2.45) is 0 Å². The third-order valence-electron chi connectivity index (χ3n) is 2.74. The third kappa shape index (κ3) is 2.06. The number of piperazine rings is 1. The van der Waals surface area contributed by atoms with Crippen molar-refractivity contribution in [3.63, 3.8) is 0 Å². The van der Waals surface area contributed by atoms with Gasteiger partial charge in [-0.15, -0.1) is 0 Å². The number of hydrogen-bond donors (Lipinski definition) is 1. The average Bonchev–Trinajstić information content (AvgIpc) is 2.67. The Kier molecular flexibility index (Phi) is 2.91. The van der Waals surface area contributed by atoms with Crippen LogP contribution in [0.25, 0.3) is 0 Å². The zero-order chi connectivity index (χ0) is 11.7. The number of amides is 1. The summed E-state index contributed by atoms with van der Waals surface area (Å²) in [5, 5.41) is 6.97. The van der Waals surface area contributed by atoms with Crippen LogP contribution in [0.2, 0.25) is 0 Å². The van der Waals surface area contributed by atoms with Gasteiger partial charge in [0.25, 0.3) is 11.7 Å². The summed E-state index contributed by atoms with van der Waals surface area (Å²) in [6.45, 7) is 7.20. The molecule has 0 bridgehead atoms. The number of nitrogens with one attached hydrogen (secondary N) is 1. The fourth-order valence-electron chi connectivity index (χ4n) is 1.82. The van der Waals surface area contributed by atoms with E-state index in [0.717, 1.165) is 6.54 Å². The molecule has 2 unspecified atom stereocenters. The highest BCUT2D eigenvalue weighted by Crippen LogP contribution is 2.10. The molecule has 2 atom stereocenters. The maximum atomic E-state index is 12.1. The summed E-state index contributed by atoms with van der Waals surface area (Å²) < 4.78 is 4.81. The Balaban J connectivity index is 2.14. The van der Waals surface area contributed by atoms with E-state index in [1.54, 1.807) is 11.8 Å². The predicted octanol–water partition coefficient (Wildman–Crippen LogP) is 0.200. The normalized spacial score (nSPS) is 25.8. The number of rotatable bonds is 1. The van der Waals surface area contributed by atoms with Crippen molar-refractivity contribution < 1.29 is 9.32 Å². The number of carbonyl (C=O) groups is 1. The molecule has 1 aliphatic rings. The topological polar surface area (TPSA) is 71.3 Å². The molecule has 1 aromatic rings. The van der Waals surface area contributed by atoms with Gasteiger partial charge in [0.05, 0.1) is 0 Å². The first-order valence-corrected chi connectivity index (χ1v) is 5.42. The van der Waals surface area contributed by atoms with Gasteiger partial charge in [0, 0.05) is 32.1 Å². The lowest BCUT2D eigenvalue weighted by atomic mass is 10.1. The first kappa shape index (κ1) is 11.1. The van der Waals surface area contributed by atoms with Gasteiger partial charge in [0.15, 0.2) is 0 Å². The van der Waals surface area contributed by atoms with Crippen LogP contribution in [-0.4, -0.2) is 46.1 Å². The van der Waals surface area contributed by atoms with E-state index in [-0.39, 0.29) is 17.8 Å². The van der Waals surface area contributed by atoms with Gasteiger partial charge in [0.2, 0.25) is 5.89 Å². The molecule has 1 aliphatic heterocycles. The second kappa shape index (κ2) is 4.21. The van der Waals surface area contributed by atoms with Crippen LogP contribution in [0, 0.1) is 6.92 Å². The lowest BCUT2D eigenvalue weighted by Gasteiger charge is -2.36. The van der Waals surface area contributed by atoms with Gasteiger partial charge in [0.1, 0.15) is 0 Å². The third-order valence-corrected chi connectivity index (χ3v) is 2.74. The quantitative estimate of drug-likeness (QED) is 0.738. The molecule has 1 aromatic heterocycles. The number of nitrogens with zero attached hydrogens (tertiary/aromatic N) is 3. The molecule has 6 heteroatoms. The molecule has 2 heterocycles. The minimum atomic E-state index is -0.155. The average molecular weight is 224 g/mol. The van der Waals surface area contributed by atoms with Gasteiger partial charge in [-0.25, -0.2) is 0 Å². The van der Waals surface area contributed by atoms with E-state index in [0.29, 0.717) is 18.5 Å². The highest BCUT2D eigenvalue weighted by atomic mass is 16.5. The maximum Gasteiger partial charge on any atom is 0.295 e. The van der Waals surface area contributed by atoms with Gasteiger partial charge in [-0.3, -0.25) is 4.79 Å². The minimum absolute atomic E-state index is 0.151. The Labute approximate surface area is 94.0 Å². The van der Waals surface area contributed by atoms with Crippen LogP contribution >= 0.6 is 0 Å². The molecule has 1 fully saturated rings. The molecular formula is C10H16N4O2. The Bertz CT molecular complexity index is 390. The van der Waals surface area contributed by atoms with E-state index in [2.05, 4.69) is 15.5 Å². The van der Waals surface area contributed by atoms with Crippen molar-refractivity contribution in [2.75, 3.05) is 13.1 Å². The Morgan fingerprint density at radius 3 is 2.94 bits per heavy atom. The van der Waals surface area contributed by atoms with E-state index in [1.165, 1.54) is 0 Å². The minimum Gasteiger partial charge on any atom is -0.339 e. The van der Waals surface area contributed by atoms with Crippen molar-refractivity contribution in [3.05, 3.63) is 11.7 Å². The lowest BCUT2D eigenvalue weighted by Crippen LogP contribution is -2.56. The fraction of sp³-hybridized carbons (Fsp3) is 0.700. The highest BCUT2D eigenvalue weighted by Gasteiger charge is 2.29. The van der Waals surface area contributed by atoms with Gasteiger partial charge >= 0.3 is 0 Å². The molecule has 1 amide bonds. The first-order valence-electron chi connectivity index (χ1n) is 5.42. The van der Waals surface area contributed by atoms with Crippen molar-refractivity contribution in [1.29, 1.82) is 0 Å². The van der Waals surface area contributed by atoms with E-state index in [1.807, 2.05) is 13.8 Å². The van der Waals surface area contributed by atoms with Crippen molar-refractivity contribution in [2.45, 2.75) is 32.9 Å². The molecule has 6 nitrogen and oxygen atoms in total. The van der Waals surface area contributed by atoms with Gasteiger partial charge < -0.3 is 14.7 Å². The summed E-state index contributed by atoms with van der Waals surface area (Å²) >= 11 is 0. The zero-order valence-corrected chi connectivity index (χ0v) is 9.73. The standard InChI is InChI=1S/C10H16N4O2/c1-6-5-14(7(2)4-11-6)10(15)9-12-8(3)16-13-9/h6-7,11H,4-5H2,1-3H3. The largest absolute Gasteiger partial charge is 0.339 e. The zero-order valence-electron chi connectivity index (χ0n) is 9.73. The Morgan fingerprint density at radius 1 is 1.56 bits per heavy atom. The molecule has 0 saturated carbocycles. The van der Waals surface area contributed by atoms with Crippen LogP contribution in [0.15, 0.2) is 4.52 Å². The molecule has 1 N–H and O–H groups in total. The van der Waals surface area contributed by atoms with Crippen molar-refractivity contribution >= 4 is 5.91 Å². The van der Waals surface area contributed by atoms with Crippen LogP contribution in [-0.2, 0) is 0 Å². The van der Waals surface area contributed by atoms with Gasteiger partial charge in [-0.1, -0.05) is 5.16 Å². The second-order valence-corrected chi connectivity index (χ2v) is 4.25. The summed E-state index contributed by atoms with van der Waals surface area (Å²) in [5.74, 6) is 0.412. The van der Waals surface area contributed by atoms with Crippen molar-refractivity contribution in [3.8, 4) is 0 Å². The summed E-state index contributed by atoms with van der Waals surface area (Å²) in [4.78, 5) is 17.8. The van der Waals surface area contributed by atoms with E-state index in [9.17, 15) is 4.79 Å². The SMILES string of the molecule is Cc1nc(C(=O)N2CC(C)NCC2C)no1. The molecule has 2 rings (SSSR count). The number of carbonyl (C=O) groups excluding carboxylic acids is 1. The van der Waals surface area contributed by atoms with Crippen LogP contribution in [0.3, 0.4) is 0 Å². The smallest absolute Gasteiger partial charge is 0.295 e. The molecule has 0 aromatic carbocycles. The molecule has 0 aliphatic carbocycles. The van der Waals surface area contributed by atoms with E-state index < -0.39 is 0 Å². The molecule has 88 valence electrons. The Morgan fingerprint density at radius 2 is 2.31 bits per heavy atom. The number of aryl methyl sites for hydroxylation is 1. The predicted molar refractivity (Wildman–Crippen MR) is 57.0 cm³/mol. The molecule has 1 saturated heterocycles. The summed E-state index contributed by atoms with van der Waals surface area (Å²) in [6.07, 6.45) is 0. The molecule has 0 spiro atoms. The monoisotopic (exact) mass is 224 g/mol. The first-order chi connectivity index (χ1) is 7.58.